The maximum Gasteiger partial charge on any atom is 0.170 e. The van der Waals surface area contributed by atoms with Gasteiger partial charge in [-0.1, -0.05) is 6.07 Å². The van der Waals surface area contributed by atoms with Crippen LogP contribution in [0.2, 0.25) is 0 Å². The zero-order valence-electron chi connectivity index (χ0n) is 12.9. The first-order valence-corrected chi connectivity index (χ1v) is 7.40. The van der Waals surface area contributed by atoms with E-state index in [0.29, 0.717) is 23.9 Å². The van der Waals surface area contributed by atoms with Crippen molar-refractivity contribution in [2.75, 3.05) is 26.1 Å². The molecule has 1 aliphatic rings. The van der Waals surface area contributed by atoms with Crippen LogP contribution in [0.25, 0.3) is 11.3 Å². The maximum absolute atomic E-state index is 6.06. The van der Waals surface area contributed by atoms with Gasteiger partial charge in [0.25, 0.3) is 0 Å². The van der Waals surface area contributed by atoms with Gasteiger partial charge in [-0.15, -0.1) is 0 Å². The van der Waals surface area contributed by atoms with Gasteiger partial charge in [-0.2, -0.15) is 5.10 Å². The van der Waals surface area contributed by atoms with Crippen LogP contribution in [0, 0.1) is 0 Å². The minimum absolute atomic E-state index is 0.0618. The van der Waals surface area contributed by atoms with Gasteiger partial charge >= 0.3 is 0 Å². The molecule has 2 N–H and O–H groups in total. The molecule has 6 nitrogen and oxygen atoms in total. The highest BCUT2D eigenvalue weighted by Gasteiger charge is 2.20. The van der Waals surface area contributed by atoms with Gasteiger partial charge < -0.3 is 19.9 Å². The summed E-state index contributed by atoms with van der Waals surface area (Å²) in [4.78, 5) is 0. The van der Waals surface area contributed by atoms with Crippen LogP contribution in [0.4, 0.5) is 5.82 Å². The van der Waals surface area contributed by atoms with Gasteiger partial charge in [0.1, 0.15) is 11.9 Å². The SMILES string of the molecule is COc1c(OC2CCCOC2)cccc1-c1cc(N)n(C)n1. The first-order chi connectivity index (χ1) is 10.7. The highest BCUT2D eigenvalue weighted by Crippen LogP contribution is 2.38. The van der Waals surface area contributed by atoms with Crippen molar-refractivity contribution in [1.82, 2.24) is 9.78 Å². The largest absolute Gasteiger partial charge is 0.492 e. The molecule has 1 saturated heterocycles. The number of anilines is 1. The predicted molar refractivity (Wildman–Crippen MR) is 84.1 cm³/mol. The molecule has 1 atom stereocenters. The zero-order chi connectivity index (χ0) is 15.5. The van der Waals surface area contributed by atoms with E-state index in [-0.39, 0.29) is 6.10 Å². The summed E-state index contributed by atoms with van der Waals surface area (Å²) in [6.07, 6.45) is 2.07. The number of ether oxygens (including phenoxy) is 3. The monoisotopic (exact) mass is 303 g/mol. The standard InChI is InChI=1S/C16H21N3O3/c1-19-15(17)9-13(18-19)12-6-3-7-14(16(12)20-2)22-11-5-4-8-21-10-11/h3,6-7,9,11H,4-5,8,10,17H2,1-2H3. The summed E-state index contributed by atoms with van der Waals surface area (Å²) in [6.45, 7) is 1.42. The lowest BCUT2D eigenvalue weighted by Crippen LogP contribution is -2.28. The van der Waals surface area contributed by atoms with E-state index in [4.69, 9.17) is 19.9 Å². The van der Waals surface area contributed by atoms with Crippen molar-refractivity contribution < 1.29 is 14.2 Å². The Kier molecular flexibility index (Phi) is 4.20. The summed E-state index contributed by atoms with van der Waals surface area (Å²) >= 11 is 0. The van der Waals surface area contributed by atoms with Gasteiger partial charge in [-0.05, 0) is 25.0 Å². The van der Waals surface area contributed by atoms with Crippen molar-refractivity contribution in [2.24, 2.45) is 7.05 Å². The Hall–Kier alpha value is -2.21. The quantitative estimate of drug-likeness (QED) is 0.938. The van der Waals surface area contributed by atoms with Gasteiger partial charge in [-0.3, -0.25) is 4.68 Å². The first kappa shape index (κ1) is 14.7. The second kappa shape index (κ2) is 6.27. The highest BCUT2D eigenvalue weighted by molar-refractivity contribution is 5.72. The number of nitrogen functional groups attached to an aromatic ring is 1. The summed E-state index contributed by atoms with van der Waals surface area (Å²) in [5.74, 6) is 1.98. The molecule has 0 spiro atoms. The molecule has 3 rings (SSSR count). The lowest BCUT2D eigenvalue weighted by molar-refractivity contribution is 0.00647. The number of hydrogen-bond donors (Lipinski definition) is 1. The lowest BCUT2D eigenvalue weighted by atomic mass is 10.1. The molecule has 22 heavy (non-hydrogen) atoms. The van der Waals surface area contributed by atoms with Gasteiger partial charge in [0, 0.05) is 25.3 Å². The average Bonchev–Trinajstić information content (AvgIpc) is 2.87. The summed E-state index contributed by atoms with van der Waals surface area (Å²) in [6, 6.07) is 7.61. The Morgan fingerprint density at radius 3 is 2.91 bits per heavy atom. The van der Waals surface area contributed by atoms with Crippen LogP contribution in [-0.2, 0) is 11.8 Å². The third kappa shape index (κ3) is 2.87. The van der Waals surface area contributed by atoms with E-state index in [9.17, 15) is 0 Å². The van der Waals surface area contributed by atoms with E-state index < -0.39 is 0 Å². The van der Waals surface area contributed by atoms with E-state index in [1.165, 1.54) is 0 Å². The number of benzene rings is 1. The average molecular weight is 303 g/mol. The lowest BCUT2D eigenvalue weighted by Gasteiger charge is -2.24. The smallest absolute Gasteiger partial charge is 0.170 e. The number of aryl methyl sites for hydroxylation is 1. The summed E-state index contributed by atoms with van der Waals surface area (Å²) in [5, 5.41) is 4.41. The van der Waals surface area contributed by atoms with Crippen molar-refractivity contribution >= 4 is 5.82 Å². The molecule has 2 aromatic rings. The Bertz CT molecular complexity index is 629. The Morgan fingerprint density at radius 2 is 2.27 bits per heavy atom. The second-order valence-corrected chi connectivity index (χ2v) is 5.37. The molecule has 118 valence electrons. The third-order valence-corrected chi connectivity index (χ3v) is 3.79. The molecule has 1 fully saturated rings. The molecule has 2 heterocycles. The molecular formula is C16H21N3O3. The zero-order valence-corrected chi connectivity index (χ0v) is 12.9. The second-order valence-electron chi connectivity index (χ2n) is 5.37. The van der Waals surface area contributed by atoms with Crippen LogP contribution in [0.5, 0.6) is 11.5 Å². The van der Waals surface area contributed by atoms with E-state index >= 15 is 0 Å². The van der Waals surface area contributed by atoms with Crippen LogP contribution >= 0.6 is 0 Å². The van der Waals surface area contributed by atoms with Crippen molar-refractivity contribution in [3.8, 4) is 22.8 Å². The molecule has 0 amide bonds. The Labute approximate surface area is 129 Å². The fourth-order valence-electron chi connectivity index (χ4n) is 2.62. The molecule has 6 heteroatoms. The van der Waals surface area contributed by atoms with Crippen molar-refractivity contribution in [1.29, 1.82) is 0 Å². The van der Waals surface area contributed by atoms with Crippen LogP contribution in [0.15, 0.2) is 24.3 Å². The van der Waals surface area contributed by atoms with E-state index in [2.05, 4.69) is 5.10 Å². The number of rotatable bonds is 4. The third-order valence-electron chi connectivity index (χ3n) is 3.79. The number of methoxy groups -OCH3 is 1. The summed E-state index contributed by atoms with van der Waals surface area (Å²) < 4.78 is 18.7. The van der Waals surface area contributed by atoms with Crippen LogP contribution in [-0.4, -0.2) is 36.2 Å². The molecule has 1 aromatic heterocycles. The fraction of sp³-hybridized carbons (Fsp3) is 0.438. The molecule has 1 unspecified atom stereocenters. The van der Waals surface area contributed by atoms with Crippen molar-refractivity contribution in [3.05, 3.63) is 24.3 Å². The van der Waals surface area contributed by atoms with Gasteiger partial charge in [0.2, 0.25) is 0 Å². The molecular weight excluding hydrogens is 282 g/mol. The number of para-hydroxylation sites is 1. The minimum Gasteiger partial charge on any atom is -0.492 e. The number of hydrogen-bond acceptors (Lipinski definition) is 5. The summed E-state index contributed by atoms with van der Waals surface area (Å²) in [7, 11) is 3.44. The molecule has 1 aliphatic heterocycles. The number of nitrogens with two attached hydrogens (primary N) is 1. The van der Waals surface area contributed by atoms with Gasteiger partial charge in [0.15, 0.2) is 11.5 Å². The van der Waals surface area contributed by atoms with Crippen LogP contribution in [0.3, 0.4) is 0 Å². The molecule has 0 saturated carbocycles. The summed E-state index contributed by atoms with van der Waals surface area (Å²) in [5.41, 5.74) is 7.50. The van der Waals surface area contributed by atoms with Crippen molar-refractivity contribution in [2.45, 2.75) is 18.9 Å². The molecule has 1 aromatic carbocycles. The fourth-order valence-corrected chi connectivity index (χ4v) is 2.62. The first-order valence-electron chi connectivity index (χ1n) is 7.40. The molecule has 0 aliphatic carbocycles. The van der Waals surface area contributed by atoms with E-state index in [1.807, 2.05) is 31.3 Å². The van der Waals surface area contributed by atoms with Crippen molar-refractivity contribution in [3.63, 3.8) is 0 Å². The Balaban J connectivity index is 1.92. The Morgan fingerprint density at radius 1 is 1.41 bits per heavy atom. The van der Waals surface area contributed by atoms with Gasteiger partial charge in [0.05, 0.1) is 19.4 Å². The minimum atomic E-state index is 0.0618. The predicted octanol–water partition coefficient (Wildman–Crippen LogP) is 2.24. The number of aromatic nitrogens is 2. The molecule has 0 bridgehead atoms. The normalized spacial score (nSPS) is 18.2. The van der Waals surface area contributed by atoms with Crippen LogP contribution < -0.4 is 15.2 Å². The van der Waals surface area contributed by atoms with Gasteiger partial charge in [-0.25, -0.2) is 0 Å². The number of nitrogens with zero attached hydrogens (tertiary/aromatic N) is 2. The van der Waals surface area contributed by atoms with E-state index in [1.54, 1.807) is 11.8 Å². The molecule has 0 radical (unpaired) electrons. The van der Waals surface area contributed by atoms with Crippen LogP contribution in [0.1, 0.15) is 12.8 Å². The van der Waals surface area contributed by atoms with E-state index in [0.717, 1.165) is 30.7 Å². The highest BCUT2D eigenvalue weighted by atomic mass is 16.5. The maximum atomic E-state index is 6.06. The topological polar surface area (TPSA) is 71.5 Å².